The van der Waals surface area contributed by atoms with Crippen LogP contribution >= 0.6 is 0 Å². The molecule has 3 nitrogen and oxygen atoms in total. The molecule has 1 saturated heterocycles. The normalized spacial score (nSPS) is 22.1. The highest BCUT2D eigenvalue weighted by Crippen LogP contribution is 2.28. The van der Waals surface area contributed by atoms with Crippen LogP contribution in [-0.4, -0.2) is 24.2 Å². The van der Waals surface area contributed by atoms with Gasteiger partial charge in [-0.05, 0) is 25.0 Å². The van der Waals surface area contributed by atoms with Gasteiger partial charge >= 0.3 is 0 Å². The van der Waals surface area contributed by atoms with Crippen molar-refractivity contribution in [3.05, 3.63) is 29.8 Å². The van der Waals surface area contributed by atoms with Gasteiger partial charge in [-0.1, -0.05) is 13.8 Å². The quantitative estimate of drug-likeness (QED) is 0.894. The Morgan fingerprint density at radius 3 is 2.83 bits per heavy atom. The molecular weight excluding hydrogens is 231 g/mol. The van der Waals surface area contributed by atoms with Gasteiger partial charge in [-0.25, -0.2) is 4.39 Å². The van der Waals surface area contributed by atoms with Gasteiger partial charge in [-0.2, -0.15) is 0 Å². The molecule has 1 N–H and O–H groups in total. The molecule has 2 rings (SSSR count). The summed E-state index contributed by atoms with van der Waals surface area (Å²) in [6.07, 6.45) is 3.50. The molecule has 0 radical (unpaired) electrons. The summed E-state index contributed by atoms with van der Waals surface area (Å²) in [6, 6.07) is 3.75. The molecule has 2 atom stereocenters. The second kappa shape index (κ2) is 6.25. The molecule has 18 heavy (non-hydrogen) atoms. The standard InChI is InChI=1S/C14H21FN2O/c1-10(2)17-14(11-4-3-7-18-9-11)13-6-5-12(15)8-16-13/h5-6,8,10-11,14,17H,3-4,7,9H2,1-2H3. The second-order valence-electron chi connectivity index (χ2n) is 5.18. The van der Waals surface area contributed by atoms with Crippen molar-refractivity contribution in [1.29, 1.82) is 0 Å². The molecule has 0 amide bonds. The van der Waals surface area contributed by atoms with Crippen molar-refractivity contribution in [3.63, 3.8) is 0 Å². The summed E-state index contributed by atoms with van der Waals surface area (Å²) in [5.41, 5.74) is 0.903. The first kappa shape index (κ1) is 13.4. The molecule has 2 heterocycles. The number of aromatic nitrogens is 1. The molecule has 4 heteroatoms. The highest BCUT2D eigenvalue weighted by Gasteiger charge is 2.26. The molecular formula is C14H21FN2O. The first-order valence-electron chi connectivity index (χ1n) is 6.62. The third-order valence-corrected chi connectivity index (χ3v) is 3.25. The number of pyridine rings is 1. The zero-order valence-corrected chi connectivity index (χ0v) is 11.0. The maximum Gasteiger partial charge on any atom is 0.141 e. The summed E-state index contributed by atoms with van der Waals surface area (Å²) in [7, 11) is 0. The Kier molecular flexibility index (Phi) is 4.66. The summed E-state index contributed by atoms with van der Waals surface area (Å²) < 4.78 is 18.5. The van der Waals surface area contributed by atoms with E-state index in [1.807, 2.05) is 0 Å². The van der Waals surface area contributed by atoms with Crippen molar-refractivity contribution in [2.75, 3.05) is 13.2 Å². The third kappa shape index (κ3) is 3.50. The van der Waals surface area contributed by atoms with E-state index in [1.54, 1.807) is 6.07 Å². The Hall–Kier alpha value is -1.00. The van der Waals surface area contributed by atoms with Gasteiger partial charge in [0.2, 0.25) is 0 Å². The Labute approximate surface area is 108 Å². The number of hydrogen-bond donors (Lipinski definition) is 1. The Morgan fingerprint density at radius 2 is 2.28 bits per heavy atom. The second-order valence-corrected chi connectivity index (χ2v) is 5.18. The van der Waals surface area contributed by atoms with Gasteiger partial charge in [0.05, 0.1) is 24.5 Å². The lowest BCUT2D eigenvalue weighted by molar-refractivity contribution is 0.0370. The Morgan fingerprint density at radius 1 is 1.44 bits per heavy atom. The van der Waals surface area contributed by atoms with Crippen LogP contribution in [0.3, 0.4) is 0 Å². The predicted octanol–water partition coefficient (Wildman–Crippen LogP) is 2.69. The topological polar surface area (TPSA) is 34.2 Å². The lowest BCUT2D eigenvalue weighted by Gasteiger charge is -2.32. The summed E-state index contributed by atoms with van der Waals surface area (Å²) in [5.74, 6) is 0.126. The van der Waals surface area contributed by atoms with Gasteiger partial charge < -0.3 is 10.1 Å². The molecule has 0 spiro atoms. The number of hydrogen-bond acceptors (Lipinski definition) is 3. The molecule has 0 aliphatic carbocycles. The first-order chi connectivity index (χ1) is 8.66. The van der Waals surface area contributed by atoms with Gasteiger partial charge in [-0.15, -0.1) is 0 Å². The van der Waals surface area contributed by atoms with Gasteiger partial charge in [0, 0.05) is 18.6 Å². The van der Waals surface area contributed by atoms with Crippen LogP contribution in [0.5, 0.6) is 0 Å². The summed E-state index contributed by atoms with van der Waals surface area (Å²) >= 11 is 0. The van der Waals surface area contributed by atoms with E-state index in [0.29, 0.717) is 12.0 Å². The summed E-state index contributed by atoms with van der Waals surface area (Å²) in [4.78, 5) is 4.21. The van der Waals surface area contributed by atoms with Crippen molar-refractivity contribution in [2.45, 2.75) is 38.8 Å². The molecule has 1 aromatic rings. The van der Waals surface area contributed by atoms with Gasteiger partial charge in [0.15, 0.2) is 0 Å². The van der Waals surface area contributed by atoms with Crippen molar-refractivity contribution < 1.29 is 9.13 Å². The maximum absolute atomic E-state index is 12.9. The van der Waals surface area contributed by atoms with Crippen LogP contribution in [0, 0.1) is 11.7 Å². The minimum Gasteiger partial charge on any atom is -0.381 e. The van der Waals surface area contributed by atoms with E-state index in [9.17, 15) is 4.39 Å². The summed E-state index contributed by atoms with van der Waals surface area (Å²) in [5, 5.41) is 3.52. The van der Waals surface area contributed by atoms with Gasteiger partial charge in [-0.3, -0.25) is 4.98 Å². The fourth-order valence-electron chi connectivity index (χ4n) is 2.42. The summed E-state index contributed by atoms with van der Waals surface area (Å²) in [6.45, 7) is 5.83. The third-order valence-electron chi connectivity index (χ3n) is 3.25. The average molecular weight is 252 g/mol. The number of halogens is 1. The number of ether oxygens (including phenoxy) is 1. The monoisotopic (exact) mass is 252 g/mol. The zero-order valence-electron chi connectivity index (χ0n) is 11.0. The molecule has 0 saturated carbocycles. The highest BCUT2D eigenvalue weighted by atomic mass is 19.1. The molecule has 1 fully saturated rings. The largest absolute Gasteiger partial charge is 0.381 e. The minimum absolute atomic E-state index is 0.144. The lowest BCUT2D eigenvalue weighted by Crippen LogP contribution is -2.37. The predicted molar refractivity (Wildman–Crippen MR) is 68.8 cm³/mol. The van der Waals surface area contributed by atoms with Crippen LogP contribution < -0.4 is 5.32 Å². The van der Waals surface area contributed by atoms with E-state index >= 15 is 0 Å². The van der Waals surface area contributed by atoms with E-state index in [1.165, 1.54) is 12.3 Å². The zero-order chi connectivity index (χ0) is 13.0. The maximum atomic E-state index is 12.9. The number of nitrogens with zero attached hydrogens (tertiary/aromatic N) is 1. The lowest BCUT2D eigenvalue weighted by atomic mass is 9.90. The van der Waals surface area contributed by atoms with E-state index in [2.05, 4.69) is 24.1 Å². The Bertz CT molecular complexity index is 361. The van der Waals surface area contributed by atoms with Crippen LogP contribution in [0.2, 0.25) is 0 Å². The molecule has 1 aliphatic rings. The molecule has 1 aliphatic heterocycles. The molecule has 0 bridgehead atoms. The minimum atomic E-state index is -0.290. The number of rotatable bonds is 4. The molecule has 2 unspecified atom stereocenters. The van der Waals surface area contributed by atoms with Crippen LogP contribution in [0.1, 0.15) is 38.4 Å². The van der Waals surface area contributed by atoms with Crippen LogP contribution in [0.25, 0.3) is 0 Å². The van der Waals surface area contributed by atoms with E-state index < -0.39 is 0 Å². The van der Waals surface area contributed by atoms with Crippen molar-refractivity contribution in [1.82, 2.24) is 10.3 Å². The van der Waals surface area contributed by atoms with E-state index in [4.69, 9.17) is 4.74 Å². The van der Waals surface area contributed by atoms with Gasteiger partial charge in [0.1, 0.15) is 5.82 Å². The molecule has 100 valence electrons. The SMILES string of the molecule is CC(C)NC(c1ccc(F)cn1)C1CCCOC1. The fourth-order valence-corrected chi connectivity index (χ4v) is 2.42. The van der Waals surface area contributed by atoms with E-state index in [0.717, 1.165) is 31.7 Å². The van der Waals surface area contributed by atoms with Crippen LogP contribution in [0.4, 0.5) is 4.39 Å². The van der Waals surface area contributed by atoms with Crippen LogP contribution in [-0.2, 0) is 4.74 Å². The average Bonchev–Trinajstić information content (AvgIpc) is 2.38. The van der Waals surface area contributed by atoms with Crippen molar-refractivity contribution in [2.24, 2.45) is 5.92 Å². The molecule has 0 aromatic carbocycles. The van der Waals surface area contributed by atoms with Crippen LogP contribution in [0.15, 0.2) is 18.3 Å². The molecule has 1 aromatic heterocycles. The van der Waals surface area contributed by atoms with Crippen molar-refractivity contribution in [3.8, 4) is 0 Å². The smallest absolute Gasteiger partial charge is 0.141 e. The first-order valence-corrected chi connectivity index (χ1v) is 6.62. The Balaban J connectivity index is 2.15. The van der Waals surface area contributed by atoms with Crippen molar-refractivity contribution >= 4 is 0 Å². The fraction of sp³-hybridized carbons (Fsp3) is 0.643. The number of nitrogens with one attached hydrogen (secondary N) is 1. The highest BCUT2D eigenvalue weighted by molar-refractivity contribution is 5.11. The van der Waals surface area contributed by atoms with E-state index in [-0.39, 0.29) is 11.9 Å². The van der Waals surface area contributed by atoms with Gasteiger partial charge in [0.25, 0.3) is 0 Å².